The van der Waals surface area contributed by atoms with E-state index in [0.717, 1.165) is 5.01 Å². The lowest BCUT2D eigenvalue weighted by atomic mass is 10.1. The summed E-state index contributed by atoms with van der Waals surface area (Å²) in [5.41, 5.74) is 5.46. The molecule has 0 saturated carbocycles. The molecule has 94 valence electrons. The minimum Gasteiger partial charge on any atom is -0.409 e. The second-order valence-corrected chi connectivity index (χ2v) is 5.09. The predicted molar refractivity (Wildman–Crippen MR) is 66.4 cm³/mol. The van der Waals surface area contributed by atoms with Crippen LogP contribution < -0.4 is 5.73 Å². The van der Waals surface area contributed by atoms with E-state index in [1.807, 2.05) is 6.92 Å². The topological polar surface area (TPSA) is 91.8 Å². The molecule has 0 saturated heterocycles. The summed E-state index contributed by atoms with van der Waals surface area (Å²) >= 11 is 1.35. The van der Waals surface area contributed by atoms with Crippen molar-refractivity contribution in [3.05, 3.63) is 16.1 Å². The number of nitrogens with zero attached hydrogens (tertiary/aromatic N) is 3. The Hall–Kier alpha value is -1.63. The Balaban J connectivity index is 2.65. The summed E-state index contributed by atoms with van der Waals surface area (Å²) < 4.78 is 0. The maximum absolute atomic E-state index is 12.0. The molecular formula is C10H16N4O2S. The maximum Gasteiger partial charge on any atom is 0.265 e. The largest absolute Gasteiger partial charge is 0.409 e. The van der Waals surface area contributed by atoms with Gasteiger partial charge in [-0.15, -0.1) is 11.3 Å². The van der Waals surface area contributed by atoms with Crippen molar-refractivity contribution >= 4 is 23.1 Å². The Kier molecular flexibility index (Phi) is 4.45. The average molecular weight is 256 g/mol. The Morgan fingerprint density at radius 2 is 2.41 bits per heavy atom. The van der Waals surface area contributed by atoms with Crippen LogP contribution in [-0.4, -0.2) is 40.4 Å². The first-order valence-corrected chi connectivity index (χ1v) is 5.92. The summed E-state index contributed by atoms with van der Waals surface area (Å²) in [5.74, 6) is -0.179. The summed E-state index contributed by atoms with van der Waals surface area (Å²) in [7, 11) is 1.68. The molecule has 6 nitrogen and oxygen atoms in total. The van der Waals surface area contributed by atoms with Gasteiger partial charge in [-0.1, -0.05) is 12.1 Å². The van der Waals surface area contributed by atoms with E-state index in [9.17, 15) is 4.79 Å². The number of aryl methyl sites for hydroxylation is 1. The van der Waals surface area contributed by atoms with Crippen molar-refractivity contribution in [3.63, 3.8) is 0 Å². The molecule has 0 fully saturated rings. The van der Waals surface area contributed by atoms with Crippen LogP contribution >= 0.6 is 11.3 Å². The number of amides is 1. The van der Waals surface area contributed by atoms with Gasteiger partial charge in [-0.05, 0) is 6.92 Å². The van der Waals surface area contributed by atoms with Gasteiger partial charge in [0, 0.05) is 19.5 Å². The summed E-state index contributed by atoms with van der Waals surface area (Å²) in [6, 6.07) is 0. The number of thiazole rings is 1. The highest BCUT2D eigenvalue weighted by Crippen LogP contribution is 2.14. The highest BCUT2D eigenvalue weighted by Gasteiger charge is 2.18. The zero-order valence-corrected chi connectivity index (χ0v) is 10.9. The zero-order valence-electron chi connectivity index (χ0n) is 10.0. The molecule has 0 aliphatic carbocycles. The van der Waals surface area contributed by atoms with Gasteiger partial charge in [-0.2, -0.15) is 0 Å². The zero-order chi connectivity index (χ0) is 13.0. The minimum atomic E-state index is -0.192. The molecule has 0 bridgehead atoms. The van der Waals surface area contributed by atoms with Crippen LogP contribution in [0.3, 0.4) is 0 Å². The number of hydrogen-bond donors (Lipinski definition) is 2. The van der Waals surface area contributed by atoms with E-state index in [0.29, 0.717) is 11.4 Å². The average Bonchev–Trinajstić information content (AvgIpc) is 2.73. The molecule has 1 aromatic rings. The van der Waals surface area contributed by atoms with Crippen molar-refractivity contribution < 1.29 is 10.0 Å². The smallest absolute Gasteiger partial charge is 0.265 e. The molecule has 1 aromatic heterocycles. The van der Waals surface area contributed by atoms with Crippen molar-refractivity contribution in [3.8, 4) is 0 Å². The van der Waals surface area contributed by atoms with E-state index in [1.165, 1.54) is 16.2 Å². The van der Waals surface area contributed by atoms with Crippen LogP contribution in [0.25, 0.3) is 0 Å². The number of rotatable bonds is 4. The van der Waals surface area contributed by atoms with Crippen LogP contribution in [0.15, 0.2) is 11.4 Å². The summed E-state index contributed by atoms with van der Waals surface area (Å²) in [4.78, 5) is 18.1. The van der Waals surface area contributed by atoms with Gasteiger partial charge in [0.15, 0.2) is 0 Å². The summed E-state index contributed by atoms with van der Waals surface area (Å²) in [5, 5.41) is 12.3. The second-order valence-electron chi connectivity index (χ2n) is 3.86. The van der Waals surface area contributed by atoms with Gasteiger partial charge in [0.25, 0.3) is 5.91 Å². The maximum atomic E-state index is 12.0. The third kappa shape index (κ3) is 3.42. The van der Waals surface area contributed by atoms with Gasteiger partial charge in [0.1, 0.15) is 10.7 Å². The van der Waals surface area contributed by atoms with Gasteiger partial charge >= 0.3 is 0 Å². The van der Waals surface area contributed by atoms with Crippen molar-refractivity contribution in [2.24, 2.45) is 16.8 Å². The Labute approximate surface area is 104 Å². The van der Waals surface area contributed by atoms with E-state index in [2.05, 4.69) is 10.1 Å². The number of carbonyl (C=O) groups is 1. The highest BCUT2D eigenvalue weighted by atomic mass is 32.1. The molecule has 1 unspecified atom stereocenters. The van der Waals surface area contributed by atoms with Crippen LogP contribution in [0.2, 0.25) is 0 Å². The molecule has 7 heteroatoms. The molecule has 17 heavy (non-hydrogen) atoms. The van der Waals surface area contributed by atoms with E-state index in [-0.39, 0.29) is 17.7 Å². The second kappa shape index (κ2) is 5.62. The Bertz CT molecular complexity index is 430. The third-order valence-corrected chi connectivity index (χ3v) is 3.25. The molecule has 0 aliphatic heterocycles. The number of nitrogens with two attached hydrogens (primary N) is 1. The van der Waals surface area contributed by atoms with E-state index in [4.69, 9.17) is 10.9 Å². The monoisotopic (exact) mass is 256 g/mol. The van der Waals surface area contributed by atoms with Crippen molar-refractivity contribution in [2.75, 3.05) is 13.6 Å². The fraction of sp³-hybridized carbons (Fsp3) is 0.500. The van der Waals surface area contributed by atoms with Gasteiger partial charge in [-0.25, -0.2) is 4.98 Å². The summed E-state index contributed by atoms with van der Waals surface area (Å²) in [6.07, 6.45) is 1.56. The first kappa shape index (κ1) is 13.4. The van der Waals surface area contributed by atoms with Crippen LogP contribution in [-0.2, 0) is 0 Å². The Morgan fingerprint density at radius 3 is 2.88 bits per heavy atom. The molecule has 0 radical (unpaired) electrons. The van der Waals surface area contributed by atoms with E-state index < -0.39 is 0 Å². The van der Waals surface area contributed by atoms with E-state index >= 15 is 0 Å². The minimum absolute atomic E-state index is 0.104. The van der Waals surface area contributed by atoms with Gasteiger partial charge in [0.2, 0.25) is 0 Å². The van der Waals surface area contributed by atoms with Gasteiger partial charge in [-0.3, -0.25) is 4.79 Å². The Morgan fingerprint density at radius 1 is 1.76 bits per heavy atom. The highest BCUT2D eigenvalue weighted by molar-refractivity contribution is 7.13. The molecular weight excluding hydrogens is 240 g/mol. The fourth-order valence-corrected chi connectivity index (χ4v) is 2.11. The molecule has 1 rings (SSSR count). The molecule has 0 aromatic carbocycles. The predicted octanol–water partition coefficient (Wildman–Crippen LogP) is 0.906. The quantitative estimate of drug-likeness (QED) is 0.362. The van der Waals surface area contributed by atoms with Crippen LogP contribution in [0.5, 0.6) is 0 Å². The number of carbonyl (C=O) groups excluding carboxylic acids is 1. The number of aromatic nitrogens is 1. The summed E-state index contributed by atoms with van der Waals surface area (Å²) in [6.45, 7) is 4.03. The van der Waals surface area contributed by atoms with E-state index in [1.54, 1.807) is 20.2 Å². The lowest BCUT2D eigenvalue weighted by molar-refractivity contribution is 0.0790. The first-order valence-electron chi connectivity index (χ1n) is 5.11. The van der Waals surface area contributed by atoms with Gasteiger partial charge in [0.05, 0.1) is 11.2 Å². The molecule has 0 spiro atoms. The standard InChI is InChI=1S/C10H16N4O2S/c1-6(9(11)13-16)5-14(3)10(15)8-4-12-7(2)17-8/h4,6,16H,5H2,1-3H3,(H2,11,13). The molecule has 1 atom stereocenters. The molecule has 0 aliphatic rings. The molecule has 1 heterocycles. The fourth-order valence-electron chi connectivity index (χ4n) is 1.33. The number of amidine groups is 1. The SMILES string of the molecule is Cc1ncc(C(=O)N(C)CC(C)C(N)=NO)s1. The van der Waals surface area contributed by atoms with Crippen molar-refractivity contribution in [1.82, 2.24) is 9.88 Å². The lowest BCUT2D eigenvalue weighted by Crippen LogP contribution is -2.36. The third-order valence-electron chi connectivity index (χ3n) is 2.35. The lowest BCUT2D eigenvalue weighted by Gasteiger charge is -2.19. The van der Waals surface area contributed by atoms with Crippen LogP contribution in [0.1, 0.15) is 21.6 Å². The molecule has 1 amide bonds. The number of oxime groups is 1. The first-order chi connectivity index (χ1) is 7.95. The van der Waals surface area contributed by atoms with Crippen molar-refractivity contribution in [2.45, 2.75) is 13.8 Å². The molecule has 3 N–H and O–H groups in total. The van der Waals surface area contributed by atoms with Crippen molar-refractivity contribution in [1.29, 1.82) is 0 Å². The van der Waals surface area contributed by atoms with Gasteiger partial charge < -0.3 is 15.8 Å². The number of hydrogen-bond acceptors (Lipinski definition) is 5. The normalized spacial score (nSPS) is 13.5. The van der Waals surface area contributed by atoms with Crippen LogP contribution in [0.4, 0.5) is 0 Å². The van der Waals surface area contributed by atoms with Crippen LogP contribution in [0, 0.1) is 12.8 Å².